The van der Waals surface area contributed by atoms with Gasteiger partial charge in [0.1, 0.15) is 6.61 Å². The lowest BCUT2D eigenvalue weighted by Crippen LogP contribution is -2.39. The summed E-state index contributed by atoms with van der Waals surface area (Å²) >= 11 is 1.24. The molecule has 5 rings (SSSR count). The average molecular weight is 614 g/mol. The minimum absolute atomic E-state index is 0.0119. The lowest BCUT2D eigenvalue weighted by atomic mass is 9.95. The average Bonchev–Trinajstić information content (AvgIpc) is 3.30. The predicted octanol–water partition coefficient (Wildman–Crippen LogP) is 4.99. The van der Waals surface area contributed by atoms with Crippen molar-refractivity contribution in [2.75, 3.05) is 13.2 Å². The minimum Gasteiger partial charge on any atom is -0.490 e. The van der Waals surface area contributed by atoms with Crippen LogP contribution in [0.4, 0.5) is 5.69 Å². The summed E-state index contributed by atoms with van der Waals surface area (Å²) < 4.78 is 19.1. The number of nitro benzene ring substituents is 1. The van der Waals surface area contributed by atoms with E-state index in [0.717, 1.165) is 11.1 Å². The quantitative estimate of drug-likeness (QED) is 0.140. The Hall–Kier alpha value is -5.03. The van der Waals surface area contributed by atoms with Crippen molar-refractivity contribution < 1.29 is 23.9 Å². The van der Waals surface area contributed by atoms with Crippen LogP contribution in [0.2, 0.25) is 0 Å². The summed E-state index contributed by atoms with van der Waals surface area (Å²) in [5.74, 6) is 0.430. The Bertz CT molecular complexity index is 1940. The van der Waals surface area contributed by atoms with E-state index in [-0.39, 0.29) is 24.5 Å². The molecular weight excluding hydrogens is 582 g/mol. The first-order valence-corrected chi connectivity index (χ1v) is 14.9. The zero-order valence-electron chi connectivity index (χ0n) is 24.7. The third kappa shape index (κ3) is 6.32. The summed E-state index contributed by atoms with van der Waals surface area (Å²) in [6.07, 6.45) is 1.76. The second kappa shape index (κ2) is 13.1. The molecule has 2 heterocycles. The van der Waals surface area contributed by atoms with Crippen LogP contribution in [0.5, 0.6) is 11.5 Å². The molecule has 1 aliphatic heterocycles. The van der Waals surface area contributed by atoms with Gasteiger partial charge in [-0.05, 0) is 62.6 Å². The SMILES string of the molecule is CCOC(=O)C1=C(C)N=c2s/c(=C/c3ccc(OCc4cccc([N+](=O)[O-])c4)c(OCC)c3)c(=O)n2[C@H]1c1ccc(C)cc1. The molecule has 0 saturated heterocycles. The summed E-state index contributed by atoms with van der Waals surface area (Å²) in [6.45, 7) is 8.02. The van der Waals surface area contributed by atoms with Gasteiger partial charge in [-0.25, -0.2) is 9.79 Å². The molecule has 226 valence electrons. The highest BCUT2D eigenvalue weighted by Crippen LogP contribution is 2.32. The second-order valence-corrected chi connectivity index (χ2v) is 11.1. The Kier molecular flexibility index (Phi) is 9.05. The van der Waals surface area contributed by atoms with Gasteiger partial charge >= 0.3 is 5.97 Å². The van der Waals surface area contributed by atoms with Crippen LogP contribution in [0.1, 0.15) is 49.1 Å². The van der Waals surface area contributed by atoms with E-state index in [1.807, 2.05) is 38.1 Å². The smallest absolute Gasteiger partial charge is 0.338 e. The summed E-state index contributed by atoms with van der Waals surface area (Å²) in [4.78, 5) is 42.8. The maximum atomic E-state index is 13.9. The monoisotopic (exact) mass is 613 g/mol. The third-order valence-electron chi connectivity index (χ3n) is 6.99. The first-order chi connectivity index (χ1) is 21.2. The molecule has 0 fully saturated rings. The molecule has 0 spiro atoms. The molecule has 0 unspecified atom stereocenters. The van der Waals surface area contributed by atoms with Crippen LogP contribution in [0.15, 0.2) is 87.8 Å². The van der Waals surface area contributed by atoms with Crippen LogP contribution in [0.25, 0.3) is 6.08 Å². The van der Waals surface area contributed by atoms with E-state index in [0.29, 0.717) is 49.8 Å². The van der Waals surface area contributed by atoms with Gasteiger partial charge in [0.05, 0.1) is 40.0 Å². The maximum absolute atomic E-state index is 13.9. The van der Waals surface area contributed by atoms with E-state index in [1.165, 1.54) is 23.5 Å². The fraction of sp³-hybridized carbons (Fsp3) is 0.242. The molecule has 0 bridgehead atoms. The van der Waals surface area contributed by atoms with Crippen LogP contribution in [-0.2, 0) is 16.1 Å². The summed E-state index contributed by atoms with van der Waals surface area (Å²) in [5.41, 5.74) is 3.73. The summed E-state index contributed by atoms with van der Waals surface area (Å²) in [6, 6.07) is 18.6. The number of benzene rings is 3. The number of hydrogen-bond acceptors (Lipinski definition) is 9. The molecule has 0 saturated carbocycles. The van der Waals surface area contributed by atoms with E-state index in [9.17, 15) is 19.7 Å². The van der Waals surface area contributed by atoms with Gasteiger partial charge in [-0.15, -0.1) is 0 Å². The molecule has 10 nitrogen and oxygen atoms in total. The number of fused-ring (bicyclic) bond motifs is 1. The number of nitro groups is 1. The number of esters is 1. The minimum atomic E-state index is -0.684. The topological polar surface area (TPSA) is 122 Å². The first-order valence-electron chi connectivity index (χ1n) is 14.1. The van der Waals surface area contributed by atoms with Gasteiger partial charge in [0.25, 0.3) is 11.2 Å². The highest BCUT2D eigenvalue weighted by molar-refractivity contribution is 7.07. The zero-order valence-corrected chi connectivity index (χ0v) is 25.6. The number of carbonyl (C=O) groups is 1. The number of rotatable bonds is 10. The van der Waals surface area contributed by atoms with Gasteiger partial charge in [-0.2, -0.15) is 0 Å². The largest absolute Gasteiger partial charge is 0.490 e. The molecular formula is C33H31N3O7S. The highest BCUT2D eigenvalue weighted by atomic mass is 32.1. The molecule has 1 aromatic heterocycles. The molecule has 0 aliphatic carbocycles. The first kappa shape index (κ1) is 30.4. The summed E-state index contributed by atoms with van der Waals surface area (Å²) in [7, 11) is 0. The van der Waals surface area contributed by atoms with Crippen LogP contribution in [0, 0.1) is 17.0 Å². The van der Waals surface area contributed by atoms with Crippen LogP contribution >= 0.6 is 11.3 Å². The van der Waals surface area contributed by atoms with E-state index in [2.05, 4.69) is 4.99 Å². The van der Waals surface area contributed by atoms with Crippen molar-refractivity contribution in [3.05, 3.63) is 130 Å². The van der Waals surface area contributed by atoms with Crippen molar-refractivity contribution in [1.82, 2.24) is 4.57 Å². The Labute approximate surface area is 257 Å². The molecule has 3 aromatic carbocycles. The maximum Gasteiger partial charge on any atom is 0.338 e. The van der Waals surface area contributed by atoms with Crippen LogP contribution in [-0.4, -0.2) is 28.7 Å². The van der Waals surface area contributed by atoms with Gasteiger partial charge < -0.3 is 14.2 Å². The number of ether oxygens (including phenoxy) is 3. The molecule has 1 atom stereocenters. The van der Waals surface area contributed by atoms with Crippen molar-refractivity contribution >= 4 is 29.1 Å². The number of hydrogen-bond donors (Lipinski definition) is 0. The number of allylic oxidation sites excluding steroid dienone is 1. The van der Waals surface area contributed by atoms with Crippen molar-refractivity contribution in [2.24, 2.45) is 4.99 Å². The number of aromatic nitrogens is 1. The Morgan fingerprint density at radius 3 is 2.50 bits per heavy atom. The Morgan fingerprint density at radius 2 is 1.80 bits per heavy atom. The van der Waals surface area contributed by atoms with Crippen molar-refractivity contribution in [2.45, 2.75) is 40.3 Å². The van der Waals surface area contributed by atoms with Crippen LogP contribution < -0.4 is 24.4 Å². The van der Waals surface area contributed by atoms with E-state index >= 15 is 0 Å². The van der Waals surface area contributed by atoms with Crippen LogP contribution in [0.3, 0.4) is 0 Å². The van der Waals surface area contributed by atoms with E-state index in [1.54, 1.807) is 54.8 Å². The summed E-state index contributed by atoms with van der Waals surface area (Å²) in [5, 5.41) is 11.1. The zero-order chi connectivity index (χ0) is 31.4. The standard InChI is InChI=1S/C33H31N3O7S/c1-5-41-27-17-22(12-15-26(27)43-19-23-8-7-9-25(16-23)36(39)40)18-28-31(37)35-30(24-13-10-20(3)11-14-24)29(32(38)42-6-2)21(4)34-33(35)44-28/h7-18,30H,5-6,19H2,1-4H3/b28-18+/t30-/m0/s1. The van der Waals surface area contributed by atoms with E-state index in [4.69, 9.17) is 14.2 Å². The van der Waals surface area contributed by atoms with Crippen molar-refractivity contribution in [1.29, 1.82) is 0 Å². The van der Waals surface area contributed by atoms with Gasteiger partial charge in [0.2, 0.25) is 0 Å². The molecule has 1 aliphatic rings. The van der Waals surface area contributed by atoms with Crippen molar-refractivity contribution in [3.63, 3.8) is 0 Å². The Balaban J connectivity index is 1.53. The predicted molar refractivity (Wildman–Crippen MR) is 167 cm³/mol. The van der Waals surface area contributed by atoms with Gasteiger partial charge in [0.15, 0.2) is 16.3 Å². The fourth-order valence-corrected chi connectivity index (χ4v) is 5.98. The number of aryl methyl sites for hydroxylation is 1. The molecule has 0 radical (unpaired) electrons. The molecule has 4 aromatic rings. The molecule has 0 amide bonds. The molecule has 11 heteroatoms. The normalized spacial score (nSPS) is 14.5. The number of nitrogens with zero attached hydrogens (tertiary/aromatic N) is 3. The van der Waals surface area contributed by atoms with Gasteiger partial charge in [-0.3, -0.25) is 19.5 Å². The number of carbonyl (C=O) groups excluding carboxylic acids is 1. The van der Waals surface area contributed by atoms with E-state index < -0.39 is 16.9 Å². The number of non-ortho nitro benzene ring substituents is 1. The fourth-order valence-electron chi connectivity index (χ4n) is 4.93. The third-order valence-corrected chi connectivity index (χ3v) is 7.97. The lowest BCUT2D eigenvalue weighted by Gasteiger charge is -2.24. The number of thiazole rings is 1. The highest BCUT2D eigenvalue weighted by Gasteiger charge is 2.33. The van der Waals surface area contributed by atoms with Gasteiger partial charge in [-0.1, -0.05) is 59.4 Å². The van der Waals surface area contributed by atoms with Gasteiger partial charge in [0, 0.05) is 12.1 Å². The van der Waals surface area contributed by atoms with Crippen molar-refractivity contribution in [3.8, 4) is 11.5 Å². The lowest BCUT2D eigenvalue weighted by molar-refractivity contribution is -0.384. The molecule has 0 N–H and O–H groups in total. The Morgan fingerprint density at radius 1 is 1.02 bits per heavy atom. The second-order valence-electron chi connectivity index (χ2n) is 10.1. The molecule has 44 heavy (non-hydrogen) atoms.